The summed E-state index contributed by atoms with van der Waals surface area (Å²) in [5.74, 6) is 0.375. The van der Waals surface area contributed by atoms with Crippen molar-refractivity contribution in [3.8, 4) is 5.88 Å². The number of hydrogen-bond acceptors (Lipinski definition) is 6. The van der Waals surface area contributed by atoms with Gasteiger partial charge in [-0.1, -0.05) is 0 Å². The lowest BCUT2D eigenvalue weighted by Gasteiger charge is -2.26. The summed E-state index contributed by atoms with van der Waals surface area (Å²) in [7, 11) is 0. The molecule has 3 aromatic rings. The number of nitrogens with zero attached hydrogens (tertiary/aromatic N) is 4. The summed E-state index contributed by atoms with van der Waals surface area (Å²) >= 11 is 0. The summed E-state index contributed by atoms with van der Waals surface area (Å²) in [6.07, 6.45) is 8.91. The first kappa shape index (κ1) is 18.4. The van der Waals surface area contributed by atoms with Crippen LogP contribution >= 0.6 is 0 Å². The maximum Gasteiger partial charge on any atom is 0.270 e. The number of carbonyl (C=O) groups is 1. The molecule has 3 aromatic heterocycles. The van der Waals surface area contributed by atoms with Crippen LogP contribution in [0.4, 0.5) is 0 Å². The number of carbonyl (C=O) groups excluding carboxylic acids is 1. The van der Waals surface area contributed by atoms with Crippen LogP contribution in [0.15, 0.2) is 30.7 Å². The number of pyridine rings is 2. The molecule has 0 unspecified atom stereocenters. The fourth-order valence-corrected chi connectivity index (χ4v) is 3.17. The molecule has 8 heteroatoms. The smallest absolute Gasteiger partial charge is 0.270 e. The van der Waals surface area contributed by atoms with Crippen molar-refractivity contribution in [3.05, 3.63) is 47.5 Å². The fourth-order valence-electron chi connectivity index (χ4n) is 3.17. The van der Waals surface area contributed by atoms with E-state index in [-0.39, 0.29) is 19.1 Å². The number of aliphatic hydroxyl groups excluding tert-OH is 1. The van der Waals surface area contributed by atoms with Crippen molar-refractivity contribution in [3.63, 3.8) is 0 Å². The molecule has 2 N–H and O–H groups in total. The molecule has 1 saturated carbocycles. The van der Waals surface area contributed by atoms with Crippen LogP contribution in [-0.2, 0) is 6.54 Å². The number of rotatable bonds is 7. The monoisotopic (exact) mass is 381 g/mol. The van der Waals surface area contributed by atoms with Crippen LogP contribution in [0.2, 0.25) is 0 Å². The van der Waals surface area contributed by atoms with Gasteiger partial charge in [-0.15, -0.1) is 0 Å². The molecule has 0 bridgehead atoms. The van der Waals surface area contributed by atoms with Crippen molar-refractivity contribution in [2.24, 2.45) is 0 Å². The van der Waals surface area contributed by atoms with Gasteiger partial charge in [0.1, 0.15) is 11.8 Å². The standard InChI is InChI=1S/C20H23N5O3/c1-13-9-14(10-23-20(13)28-15-3-2-4-15)11-25-12-16-17(24-25)5-6-21-18(16)19(27)22-7-8-26/h5-6,9-10,12,15,26H,2-4,7-8,11H2,1H3,(H,22,27). The molecule has 1 amide bonds. The van der Waals surface area contributed by atoms with Gasteiger partial charge in [0.15, 0.2) is 0 Å². The van der Waals surface area contributed by atoms with Crippen molar-refractivity contribution in [1.82, 2.24) is 25.1 Å². The number of nitrogens with one attached hydrogen (secondary N) is 1. The second kappa shape index (κ2) is 7.93. The summed E-state index contributed by atoms with van der Waals surface area (Å²) in [5, 5.41) is 16.7. The van der Waals surface area contributed by atoms with E-state index in [0.717, 1.165) is 24.0 Å². The minimum absolute atomic E-state index is 0.117. The van der Waals surface area contributed by atoms with Crippen molar-refractivity contribution < 1.29 is 14.6 Å². The molecule has 4 rings (SSSR count). The van der Waals surface area contributed by atoms with Gasteiger partial charge in [0.05, 0.1) is 24.1 Å². The first-order valence-electron chi connectivity index (χ1n) is 9.47. The molecule has 1 fully saturated rings. The van der Waals surface area contributed by atoms with Gasteiger partial charge in [0, 0.05) is 30.7 Å². The molecule has 0 atom stereocenters. The third-order valence-electron chi connectivity index (χ3n) is 4.86. The Kier molecular flexibility index (Phi) is 5.21. The lowest BCUT2D eigenvalue weighted by Crippen LogP contribution is -2.27. The number of amides is 1. The molecule has 8 nitrogen and oxygen atoms in total. The average Bonchev–Trinajstić information content (AvgIpc) is 3.06. The van der Waals surface area contributed by atoms with E-state index in [1.54, 1.807) is 23.1 Å². The number of aryl methyl sites for hydroxylation is 1. The van der Waals surface area contributed by atoms with E-state index in [2.05, 4.69) is 26.4 Å². The molecular formula is C20H23N5O3. The quantitative estimate of drug-likeness (QED) is 0.647. The van der Waals surface area contributed by atoms with Gasteiger partial charge in [0.25, 0.3) is 5.91 Å². The average molecular weight is 381 g/mol. The SMILES string of the molecule is Cc1cc(Cn2cc3c(C(=O)NCCO)nccc3n2)cnc1OC1CCC1. The van der Waals surface area contributed by atoms with Crippen molar-refractivity contribution in [1.29, 1.82) is 0 Å². The van der Waals surface area contributed by atoms with E-state index in [9.17, 15) is 4.79 Å². The number of aliphatic hydroxyl groups is 1. The van der Waals surface area contributed by atoms with Gasteiger partial charge in [-0.05, 0) is 43.9 Å². The highest BCUT2D eigenvalue weighted by Gasteiger charge is 2.20. The Morgan fingerprint density at radius 3 is 2.96 bits per heavy atom. The highest BCUT2D eigenvalue weighted by Crippen LogP contribution is 2.26. The number of aromatic nitrogens is 4. The van der Waals surface area contributed by atoms with Gasteiger partial charge in [-0.25, -0.2) is 4.98 Å². The number of ether oxygens (including phenoxy) is 1. The van der Waals surface area contributed by atoms with Crippen LogP contribution in [0, 0.1) is 6.92 Å². The maximum atomic E-state index is 12.2. The second-order valence-electron chi connectivity index (χ2n) is 7.03. The van der Waals surface area contributed by atoms with E-state index in [1.807, 2.05) is 13.1 Å². The largest absolute Gasteiger partial charge is 0.474 e. The van der Waals surface area contributed by atoms with Gasteiger partial charge < -0.3 is 15.2 Å². The Hall–Kier alpha value is -3.00. The molecule has 0 aliphatic heterocycles. The van der Waals surface area contributed by atoms with E-state index in [1.165, 1.54) is 6.42 Å². The highest BCUT2D eigenvalue weighted by atomic mass is 16.5. The normalized spacial score (nSPS) is 14.1. The second-order valence-corrected chi connectivity index (χ2v) is 7.03. The van der Waals surface area contributed by atoms with Crippen molar-refractivity contribution in [2.75, 3.05) is 13.2 Å². The minimum Gasteiger partial charge on any atom is -0.474 e. The Morgan fingerprint density at radius 1 is 1.39 bits per heavy atom. The Morgan fingerprint density at radius 2 is 2.25 bits per heavy atom. The zero-order valence-electron chi connectivity index (χ0n) is 15.8. The maximum absolute atomic E-state index is 12.2. The van der Waals surface area contributed by atoms with Gasteiger partial charge in [-0.2, -0.15) is 5.10 Å². The molecular weight excluding hydrogens is 358 g/mol. The zero-order chi connectivity index (χ0) is 19.5. The fraction of sp³-hybridized carbons (Fsp3) is 0.400. The lowest BCUT2D eigenvalue weighted by atomic mass is 9.96. The minimum atomic E-state index is -0.325. The van der Waals surface area contributed by atoms with E-state index >= 15 is 0 Å². The zero-order valence-corrected chi connectivity index (χ0v) is 15.8. The first-order chi connectivity index (χ1) is 13.6. The topological polar surface area (TPSA) is 102 Å². The summed E-state index contributed by atoms with van der Waals surface area (Å²) < 4.78 is 7.68. The molecule has 1 aliphatic rings. The summed E-state index contributed by atoms with van der Waals surface area (Å²) in [4.78, 5) is 20.9. The van der Waals surface area contributed by atoms with Gasteiger partial charge in [0.2, 0.25) is 5.88 Å². The van der Waals surface area contributed by atoms with Crippen LogP contribution in [0.1, 0.15) is 40.9 Å². The van der Waals surface area contributed by atoms with Crippen molar-refractivity contribution in [2.45, 2.75) is 38.8 Å². The van der Waals surface area contributed by atoms with Crippen LogP contribution in [-0.4, -0.2) is 50.0 Å². The molecule has 0 spiro atoms. The third kappa shape index (κ3) is 3.82. The predicted molar refractivity (Wildman–Crippen MR) is 103 cm³/mol. The summed E-state index contributed by atoms with van der Waals surface area (Å²) in [5.41, 5.74) is 3.01. The van der Waals surface area contributed by atoms with Crippen molar-refractivity contribution >= 4 is 16.8 Å². The van der Waals surface area contributed by atoms with Crippen LogP contribution in [0.25, 0.3) is 10.9 Å². The van der Waals surface area contributed by atoms with E-state index in [0.29, 0.717) is 35.1 Å². The van der Waals surface area contributed by atoms with E-state index in [4.69, 9.17) is 9.84 Å². The Bertz CT molecular complexity index is 997. The predicted octanol–water partition coefficient (Wildman–Crippen LogP) is 1.84. The molecule has 3 heterocycles. The molecule has 28 heavy (non-hydrogen) atoms. The van der Waals surface area contributed by atoms with Gasteiger partial charge in [-0.3, -0.25) is 14.5 Å². The summed E-state index contributed by atoms with van der Waals surface area (Å²) in [6, 6.07) is 3.83. The van der Waals surface area contributed by atoms with Crippen LogP contribution in [0.5, 0.6) is 5.88 Å². The molecule has 0 saturated heterocycles. The number of fused-ring (bicyclic) bond motifs is 1. The van der Waals surface area contributed by atoms with Crippen LogP contribution in [0.3, 0.4) is 0 Å². The lowest BCUT2D eigenvalue weighted by molar-refractivity contribution is 0.0941. The molecule has 0 aromatic carbocycles. The van der Waals surface area contributed by atoms with Crippen LogP contribution < -0.4 is 10.1 Å². The Balaban J connectivity index is 1.53. The number of hydrogen-bond donors (Lipinski definition) is 2. The first-order valence-corrected chi connectivity index (χ1v) is 9.47. The highest BCUT2D eigenvalue weighted by molar-refractivity contribution is 6.04. The molecule has 1 aliphatic carbocycles. The molecule has 0 radical (unpaired) electrons. The Labute approximate surface area is 162 Å². The van der Waals surface area contributed by atoms with Gasteiger partial charge >= 0.3 is 0 Å². The third-order valence-corrected chi connectivity index (χ3v) is 4.86. The molecule has 146 valence electrons. The van der Waals surface area contributed by atoms with E-state index < -0.39 is 0 Å². The summed E-state index contributed by atoms with van der Waals surface area (Å²) in [6.45, 7) is 2.60.